The van der Waals surface area contributed by atoms with Crippen LogP contribution in [-0.4, -0.2) is 36.3 Å². The molecule has 1 aromatic rings. The van der Waals surface area contributed by atoms with E-state index in [0.29, 0.717) is 35.5 Å². The summed E-state index contributed by atoms with van der Waals surface area (Å²) in [5.74, 6) is 0.533. The van der Waals surface area contributed by atoms with Crippen molar-refractivity contribution in [2.45, 2.75) is 46.6 Å². The number of aliphatic imine (C=N–C) groups is 1. The van der Waals surface area contributed by atoms with Gasteiger partial charge in [-0.05, 0) is 51.5 Å². The molecule has 1 aliphatic carbocycles. The predicted molar refractivity (Wildman–Crippen MR) is 106 cm³/mol. The van der Waals surface area contributed by atoms with Crippen LogP contribution in [0.15, 0.2) is 41.1 Å². The predicted octanol–water partition coefficient (Wildman–Crippen LogP) is 4.75. The molecular formula is C20H28N4O. The van der Waals surface area contributed by atoms with Gasteiger partial charge in [0.2, 0.25) is 0 Å². The van der Waals surface area contributed by atoms with E-state index in [1.807, 2.05) is 19.1 Å². The van der Waals surface area contributed by atoms with Crippen molar-refractivity contribution in [3.05, 3.63) is 36.1 Å². The van der Waals surface area contributed by atoms with Crippen LogP contribution in [0, 0.1) is 10.8 Å². The Kier molecular flexibility index (Phi) is 6.51. The third kappa shape index (κ3) is 4.78. The van der Waals surface area contributed by atoms with Gasteiger partial charge in [-0.2, -0.15) is 0 Å². The highest BCUT2D eigenvalue weighted by atomic mass is 16.5. The van der Waals surface area contributed by atoms with Gasteiger partial charge in [-0.3, -0.25) is 0 Å². The average molecular weight is 340 g/mol. The van der Waals surface area contributed by atoms with E-state index in [9.17, 15) is 0 Å². The third-order valence-electron chi connectivity index (χ3n) is 4.08. The van der Waals surface area contributed by atoms with Crippen molar-refractivity contribution in [2.24, 2.45) is 4.99 Å². The number of benzene rings is 1. The number of nitrogens with one attached hydrogen (secondary N) is 2. The van der Waals surface area contributed by atoms with Crippen molar-refractivity contribution < 1.29 is 4.74 Å². The number of anilines is 1. The summed E-state index contributed by atoms with van der Waals surface area (Å²) in [6.45, 7) is 10.1. The molecule has 1 aromatic carbocycles. The van der Waals surface area contributed by atoms with Gasteiger partial charge >= 0.3 is 0 Å². The van der Waals surface area contributed by atoms with E-state index >= 15 is 0 Å². The molecule has 5 heteroatoms. The minimum atomic E-state index is 0.267. The van der Waals surface area contributed by atoms with Gasteiger partial charge in [-0.15, -0.1) is 0 Å². The van der Waals surface area contributed by atoms with Crippen molar-refractivity contribution in [3.8, 4) is 0 Å². The van der Waals surface area contributed by atoms with Crippen LogP contribution in [0.3, 0.4) is 0 Å². The Bertz CT molecular complexity index is 686. The Labute approximate surface area is 150 Å². The maximum absolute atomic E-state index is 8.11. The van der Waals surface area contributed by atoms with E-state index in [2.05, 4.69) is 42.8 Å². The van der Waals surface area contributed by atoms with Gasteiger partial charge in [0.1, 0.15) is 5.76 Å². The molecule has 25 heavy (non-hydrogen) atoms. The van der Waals surface area contributed by atoms with E-state index in [-0.39, 0.29) is 6.42 Å². The number of rotatable bonds is 7. The monoisotopic (exact) mass is 340 g/mol. The van der Waals surface area contributed by atoms with Gasteiger partial charge < -0.3 is 20.5 Å². The molecule has 0 spiro atoms. The molecule has 0 bridgehead atoms. The summed E-state index contributed by atoms with van der Waals surface area (Å²) in [6, 6.07) is 8.52. The molecule has 1 aliphatic rings. The molecule has 0 fully saturated rings. The molecule has 0 saturated heterocycles. The summed E-state index contributed by atoms with van der Waals surface area (Å²) >= 11 is 0. The second-order valence-electron chi connectivity index (χ2n) is 6.38. The van der Waals surface area contributed by atoms with E-state index in [1.54, 1.807) is 6.08 Å². The molecule has 2 N–H and O–H groups in total. The lowest BCUT2D eigenvalue weighted by Gasteiger charge is -2.27. The summed E-state index contributed by atoms with van der Waals surface area (Å²) < 4.78 is 5.60. The third-order valence-corrected chi connectivity index (χ3v) is 4.08. The van der Waals surface area contributed by atoms with Crippen LogP contribution < -0.4 is 4.90 Å². The molecule has 0 heterocycles. The topological polar surface area (TPSA) is 72.5 Å². The molecular weight excluding hydrogens is 312 g/mol. The standard InChI is InChI=1S/C20H28N4O/c1-5-11-25-20-13-19(17(21)12-18(20)22)23-15-7-9-16(10-8-15)24(6-2)14(3)4/h7-10,13-14,21-22H,5-6,11-12H2,1-4H3. The zero-order valence-corrected chi connectivity index (χ0v) is 15.6. The zero-order chi connectivity index (χ0) is 18.4. The summed E-state index contributed by atoms with van der Waals surface area (Å²) in [5.41, 5.74) is 3.26. The molecule has 0 amide bonds. The Morgan fingerprint density at radius 3 is 2.36 bits per heavy atom. The number of allylic oxidation sites excluding steroid dienone is 2. The number of ether oxygens (including phenoxy) is 1. The summed E-state index contributed by atoms with van der Waals surface area (Å²) in [6.07, 6.45) is 2.87. The minimum absolute atomic E-state index is 0.267. The fourth-order valence-electron chi connectivity index (χ4n) is 2.80. The highest BCUT2D eigenvalue weighted by Gasteiger charge is 2.20. The van der Waals surface area contributed by atoms with Gasteiger partial charge in [-0.1, -0.05) is 6.92 Å². The first-order chi connectivity index (χ1) is 12.0. The van der Waals surface area contributed by atoms with Crippen molar-refractivity contribution in [3.63, 3.8) is 0 Å². The van der Waals surface area contributed by atoms with Crippen LogP contribution in [0.1, 0.15) is 40.5 Å². The molecule has 0 aliphatic heterocycles. The van der Waals surface area contributed by atoms with Crippen molar-refractivity contribution in [1.82, 2.24) is 0 Å². The fourth-order valence-corrected chi connectivity index (χ4v) is 2.80. The first-order valence-electron chi connectivity index (χ1n) is 8.91. The number of hydrogen-bond acceptors (Lipinski definition) is 5. The average Bonchev–Trinajstić information content (AvgIpc) is 2.58. The van der Waals surface area contributed by atoms with E-state index in [1.165, 1.54) is 5.69 Å². The van der Waals surface area contributed by atoms with Gasteiger partial charge in [0, 0.05) is 30.8 Å². The van der Waals surface area contributed by atoms with Crippen molar-refractivity contribution in [2.75, 3.05) is 18.1 Å². The molecule has 0 aromatic heterocycles. The van der Waals surface area contributed by atoms with Crippen LogP contribution in [0.4, 0.5) is 11.4 Å². The lowest BCUT2D eigenvalue weighted by Crippen LogP contribution is -2.30. The number of hydrogen-bond donors (Lipinski definition) is 2. The van der Waals surface area contributed by atoms with Gasteiger partial charge in [-0.25, -0.2) is 4.99 Å². The van der Waals surface area contributed by atoms with Crippen molar-refractivity contribution in [1.29, 1.82) is 10.8 Å². The lowest BCUT2D eigenvalue weighted by atomic mass is 10.00. The van der Waals surface area contributed by atoms with Gasteiger partial charge in [0.15, 0.2) is 0 Å². The SMILES string of the molecule is CCCOC1=CC(=Nc2ccc(N(CC)C(C)C)cc2)C(=N)CC1=N. The van der Waals surface area contributed by atoms with Crippen molar-refractivity contribution >= 4 is 28.5 Å². The van der Waals surface area contributed by atoms with Crippen LogP contribution in [0.5, 0.6) is 0 Å². The normalized spacial score (nSPS) is 16.4. The van der Waals surface area contributed by atoms with Crippen LogP contribution in [0.25, 0.3) is 0 Å². The Hall–Kier alpha value is -2.43. The van der Waals surface area contributed by atoms with Gasteiger partial charge in [0.05, 0.1) is 29.4 Å². The second kappa shape index (κ2) is 8.60. The molecule has 0 atom stereocenters. The Morgan fingerprint density at radius 2 is 1.80 bits per heavy atom. The maximum atomic E-state index is 8.11. The molecule has 5 nitrogen and oxygen atoms in total. The minimum Gasteiger partial charge on any atom is -0.492 e. The molecule has 0 unspecified atom stereocenters. The van der Waals surface area contributed by atoms with Crippen LogP contribution in [-0.2, 0) is 4.74 Å². The molecule has 0 radical (unpaired) electrons. The fraction of sp³-hybridized carbons (Fsp3) is 0.450. The quantitative estimate of drug-likeness (QED) is 0.752. The van der Waals surface area contributed by atoms with E-state index in [4.69, 9.17) is 15.6 Å². The molecule has 2 rings (SSSR count). The molecule has 0 saturated carbocycles. The van der Waals surface area contributed by atoms with Crippen LogP contribution in [0.2, 0.25) is 0 Å². The maximum Gasteiger partial charge on any atom is 0.142 e. The summed E-state index contributed by atoms with van der Waals surface area (Å²) in [7, 11) is 0. The summed E-state index contributed by atoms with van der Waals surface area (Å²) in [4.78, 5) is 6.90. The largest absolute Gasteiger partial charge is 0.492 e. The van der Waals surface area contributed by atoms with E-state index in [0.717, 1.165) is 18.7 Å². The van der Waals surface area contributed by atoms with E-state index < -0.39 is 0 Å². The first-order valence-corrected chi connectivity index (χ1v) is 8.91. The molecule has 134 valence electrons. The summed E-state index contributed by atoms with van der Waals surface area (Å²) in [5, 5.41) is 16.1. The zero-order valence-electron chi connectivity index (χ0n) is 15.6. The lowest BCUT2D eigenvalue weighted by molar-refractivity contribution is 0.231. The second-order valence-corrected chi connectivity index (χ2v) is 6.38. The first kappa shape index (κ1) is 18.9. The Morgan fingerprint density at radius 1 is 1.12 bits per heavy atom. The number of nitrogens with zero attached hydrogens (tertiary/aromatic N) is 2. The Balaban J connectivity index is 2.24. The highest BCUT2D eigenvalue weighted by Crippen LogP contribution is 2.23. The van der Waals surface area contributed by atoms with Crippen LogP contribution >= 0.6 is 0 Å². The smallest absolute Gasteiger partial charge is 0.142 e. The van der Waals surface area contributed by atoms with Gasteiger partial charge in [0.25, 0.3) is 0 Å². The highest BCUT2D eigenvalue weighted by molar-refractivity contribution is 6.51.